The van der Waals surface area contributed by atoms with Crippen LogP contribution in [-0.2, 0) is 20.9 Å². The number of morpholine rings is 1. The normalized spacial score (nSPS) is 15.8. The zero-order valence-electron chi connectivity index (χ0n) is 14.7. The van der Waals surface area contributed by atoms with Crippen molar-refractivity contribution in [3.05, 3.63) is 35.9 Å². The van der Waals surface area contributed by atoms with Crippen molar-refractivity contribution in [2.45, 2.75) is 45.7 Å². The van der Waals surface area contributed by atoms with Crippen molar-refractivity contribution in [3.8, 4) is 0 Å². The summed E-state index contributed by atoms with van der Waals surface area (Å²) in [5, 5.41) is 0. The number of nitrogens with zero attached hydrogens (tertiary/aromatic N) is 2. The Morgan fingerprint density at radius 2 is 1.83 bits per heavy atom. The third-order valence-corrected chi connectivity index (χ3v) is 4.56. The number of ether oxygens (including phenoxy) is 1. The fourth-order valence-electron chi connectivity index (χ4n) is 2.82. The number of hydrogen-bond donors (Lipinski definition) is 0. The minimum absolute atomic E-state index is 0.0508. The van der Waals surface area contributed by atoms with Crippen LogP contribution in [0.1, 0.15) is 38.7 Å². The first-order valence-corrected chi connectivity index (χ1v) is 8.80. The van der Waals surface area contributed by atoms with Crippen molar-refractivity contribution >= 4 is 11.8 Å². The van der Waals surface area contributed by atoms with Crippen LogP contribution < -0.4 is 0 Å². The molecule has 1 heterocycles. The van der Waals surface area contributed by atoms with E-state index in [-0.39, 0.29) is 30.7 Å². The molecule has 1 saturated heterocycles. The van der Waals surface area contributed by atoms with Crippen LogP contribution in [0.15, 0.2) is 30.3 Å². The Labute approximate surface area is 144 Å². The van der Waals surface area contributed by atoms with Crippen molar-refractivity contribution in [3.63, 3.8) is 0 Å². The van der Waals surface area contributed by atoms with Gasteiger partial charge in [0.05, 0.1) is 13.2 Å². The molecule has 0 radical (unpaired) electrons. The maximum atomic E-state index is 12.7. The molecular weight excluding hydrogens is 304 g/mol. The smallest absolute Gasteiger partial charge is 0.223 e. The van der Waals surface area contributed by atoms with Gasteiger partial charge in [-0.25, -0.2) is 0 Å². The first kappa shape index (κ1) is 18.5. The van der Waals surface area contributed by atoms with Crippen molar-refractivity contribution in [1.29, 1.82) is 0 Å². The third kappa shape index (κ3) is 5.34. The molecule has 1 aromatic carbocycles. The van der Waals surface area contributed by atoms with Crippen LogP contribution in [0.5, 0.6) is 0 Å². The molecular formula is C19H28N2O3. The SMILES string of the molecule is CC[C@@H](C)N(Cc1ccccc1)C(=O)CCC(=O)N1CCOCC1. The largest absolute Gasteiger partial charge is 0.378 e. The Hall–Kier alpha value is -1.88. The van der Waals surface area contributed by atoms with Crippen LogP contribution in [0.3, 0.4) is 0 Å². The van der Waals surface area contributed by atoms with Gasteiger partial charge in [-0.1, -0.05) is 37.3 Å². The number of carbonyl (C=O) groups is 2. The summed E-state index contributed by atoms with van der Waals surface area (Å²) in [4.78, 5) is 28.6. The van der Waals surface area contributed by atoms with Crippen molar-refractivity contribution in [2.24, 2.45) is 0 Å². The molecule has 0 bridgehead atoms. The highest BCUT2D eigenvalue weighted by atomic mass is 16.5. The molecule has 0 aliphatic carbocycles. The number of carbonyl (C=O) groups excluding carboxylic acids is 2. The summed E-state index contributed by atoms with van der Waals surface area (Å²) in [6.45, 7) is 7.18. The molecule has 132 valence electrons. The predicted octanol–water partition coefficient (Wildman–Crippen LogP) is 2.45. The second kappa shape index (κ2) is 9.42. The van der Waals surface area contributed by atoms with Crippen LogP contribution in [0.25, 0.3) is 0 Å². The average Bonchev–Trinajstić information content (AvgIpc) is 2.64. The molecule has 2 amide bonds. The van der Waals surface area contributed by atoms with E-state index in [1.165, 1.54) is 0 Å². The van der Waals surface area contributed by atoms with Crippen molar-refractivity contribution < 1.29 is 14.3 Å². The Bertz CT molecular complexity index is 527. The second-order valence-corrected chi connectivity index (χ2v) is 6.26. The predicted molar refractivity (Wildman–Crippen MR) is 93.4 cm³/mol. The van der Waals surface area contributed by atoms with Gasteiger partial charge in [0.15, 0.2) is 0 Å². The molecule has 1 atom stereocenters. The minimum Gasteiger partial charge on any atom is -0.378 e. The summed E-state index contributed by atoms with van der Waals surface area (Å²) in [5.74, 6) is 0.102. The first-order valence-electron chi connectivity index (χ1n) is 8.80. The lowest BCUT2D eigenvalue weighted by Crippen LogP contribution is -2.42. The zero-order chi connectivity index (χ0) is 17.4. The summed E-state index contributed by atoms with van der Waals surface area (Å²) in [7, 11) is 0. The van der Waals surface area contributed by atoms with E-state index in [9.17, 15) is 9.59 Å². The molecule has 24 heavy (non-hydrogen) atoms. The van der Waals surface area contributed by atoms with Gasteiger partial charge in [0, 0.05) is 38.5 Å². The van der Waals surface area contributed by atoms with Crippen molar-refractivity contribution in [2.75, 3.05) is 26.3 Å². The minimum atomic E-state index is 0.0508. The van der Waals surface area contributed by atoms with Crippen LogP contribution in [0, 0.1) is 0 Å². The van der Waals surface area contributed by atoms with Gasteiger partial charge >= 0.3 is 0 Å². The molecule has 1 aliphatic rings. The lowest BCUT2D eigenvalue weighted by molar-refractivity contribution is -0.140. The first-order chi connectivity index (χ1) is 11.6. The number of hydrogen-bond acceptors (Lipinski definition) is 3. The highest BCUT2D eigenvalue weighted by Gasteiger charge is 2.22. The molecule has 1 aromatic rings. The van der Waals surface area contributed by atoms with E-state index in [2.05, 4.69) is 13.8 Å². The topological polar surface area (TPSA) is 49.9 Å². The molecule has 0 aromatic heterocycles. The molecule has 0 N–H and O–H groups in total. The van der Waals surface area contributed by atoms with Gasteiger partial charge in [0.2, 0.25) is 11.8 Å². The van der Waals surface area contributed by atoms with Gasteiger partial charge in [-0.15, -0.1) is 0 Å². The lowest BCUT2D eigenvalue weighted by atomic mass is 10.1. The molecule has 0 saturated carbocycles. The Morgan fingerprint density at radius 3 is 2.46 bits per heavy atom. The van der Waals surface area contributed by atoms with Crippen LogP contribution in [0.2, 0.25) is 0 Å². The zero-order valence-corrected chi connectivity index (χ0v) is 14.7. The maximum absolute atomic E-state index is 12.7. The Balaban J connectivity index is 1.91. The number of amides is 2. The lowest BCUT2D eigenvalue weighted by Gasteiger charge is -2.30. The van der Waals surface area contributed by atoms with Crippen LogP contribution >= 0.6 is 0 Å². The van der Waals surface area contributed by atoms with Gasteiger partial charge in [-0.3, -0.25) is 9.59 Å². The molecule has 0 unspecified atom stereocenters. The van der Waals surface area contributed by atoms with Crippen LogP contribution in [0.4, 0.5) is 0 Å². The van der Waals surface area contributed by atoms with E-state index in [1.54, 1.807) is 4.90 Å². The van der Waals surface area contributed by atoms with Gasteiger partial charge in [-0.2, -0.15) is 0 Å². The second-order valence-electron chi connectivity index (χ2n) is 6.26. The highest BCUT2D eigenvalue weighted by molar-refractivity contribution is 5.84. The van der Waals surface area contributed by atoms with E-state index in [0.29, 0.717) is 32.8 Å². The van der Waals surface area contributed by atoms with E-state index < -0.39 is 0 Å². The molecule has 2 rings (SSSR count). The van der Waals surface area contributed by atoms with Gasteiger partial charge < -0.3 is 14.5 Å². The number of benzene rings is 1. The molecule has 1 aliphatic heterocycles. The highest BCUT2D eigenvalue weighted by Crippen LogP contribution is 2.14. The van der Waals surface area contributed by atoms with Gasteiger partial charge in [0.25, 0.3) is 0 Å². The third-order valence-electron chi connectivity index (χ3n) is 4.56. The summed E-state index contributed by atoms with van der Waals surface area (Å²) in [6, 6.07) is 10.2. The average molecular weight is 332 g/mol. The summed E-state index contributed by atoms with van der Waals surface area (Å²) < 4.78 is 5.26. The molecule has 1 fully saturated rings. The van der Waals surface area contributed by atoms with Gasteiger partial charge in [-0.05, 0) is 18.9 Å². The Kier molecular flexibility index (Phi) is 7.25. The fraction of sp³-hybridized carbons (Fsp3) is 0.579. The standard InChI is InChI=1S/C19H28N2O3/c1-3-16(2)21(15-17-7-5-4-6-8-17)19(23)10-9-18(22)20-11-13-24-14-12-20/h4-8,16H,3,9-15H2,1-2H3/t16-/m1/s1. The molecule has 5 heteroatoms. The van der Waals surface area contributed by atoms with E-state index in [1.807, 2.05) is 35.2 Å². The molecule has 0 spiro atoms. The Morgan fingerprint density at radius 1 is 1.17 bits per heavy atom. The summed E-state index contributed by atoms with van der Waals surface area (Å²) in [5.41, 5.74) is 1.12. The van der Waals surface area contributed by atoms with E-state index in [4.69, 9.17) is 4.74 Å². The monoisotopic (exact) mass is 332 g/mol. The van der Waals surface area contributed by atoms with Crippen LogP contribution in [-0.4, -0.2) is 54.0 Å². The summed E-state index contributed by atoms with van der Waals surface area (Å²) >= 11 is 0. The van der Waals surface area contributed by atoms with E-state index in [0.717, 1.165) is 12.0 Å². The van der Waals surface area contributed by atoms with Crippen molar-refractivity contribution in [1.82, 2.24) is 9.80 Å². The number of rotatable bonds is 7. The molecule has 5 nitrogen and oxygen atoms in total. The van der Waals surface area contributed by atoms with E-state index >= 15 is 0 Å². The van der Waals surface area contributed by atoms with Gasteiger partial charge in [0.1, 0.15) is 0 Å². The summed E-state index contributed by atoms with van der Waals surface area (Å²) in [6.07, 6.45) is 1.45. The quantitative estimate of drug-likeness (QED) is 0.771. The maximum Gasteiger partial charge on any atom is 0.223 e. The fourth-order valence-corrected chi connectivity index (χ4v) is 2.82.